The van der Waals surface area contributed by atoms with Gasteiger partial charge in [-0.2, -0.15) is 0 Å². The summed E-state index contributed by atoms with van der Waals surface area (Å²) in [7, 11) is 0. The van der Waals surface area contributed by atoms with Crippen LogP contribution in [0.1, 0.15) is 40.0 Å². The molecule has 1 aliphatic rings. The monoisotopic (exact) mass is 256 g/mol. The number of hydrogen-bond donors (Lipinski definition) is 1. The van der Waals surface area contributed by atoms with Crippen molar-refractivity contribution in [2.45, 2.75) is 40.0 Å². The van der Waals surface area contributed by atoms with E-state index in [0.29, 0.717) is 0 Å². The maximum atomic E-state index is 5.71. The van der Waals surface area contributed by atoms with E-state index in [-0.39, 0.29) is 0 Å². The summed E-state index contributed by atoms with van der Waals surface area (Å²) in [6.45, 7) is 14.4. The summed E-state index contributed by atoms with van der Waals surface area (Å²) in [5.41, 5.74) is 0. The maximum absolute atomic E-state index is 5.71. The summed E-state index contributed by atoms with van der Waals surface area (Å²) in [5.74, 6) is 1.59. The van der Waals surface area contributed by atoms with Crippen LogP contribution in [0.5, 0.6) is 0 Å². The van der Waals surface area contributed by atoms with Crippen LogP contribution in [0.25, 0.3) is 0 Å². The zero-order valence-electron chi connectivity index (χ0n) is 12.6. The Kier molecular flexibility index (Phi) is 8.64. The molecule has 3 nitrogen and oxygen atoms in total. The zero-order valence-corrected chi connectivity index (χ0v) is 12.6. The number of ether oxygens (including phenoxy) is 1. The van der Waals surface area contributed by atoms with E-state index in [1.54, 1.807) is 0 Å². The Labute approximate surface area is 113 Å². The van der Waals surface area contributed by atoms with Crippen LogP contribution in [0.15, 0.2) is 0 Å². The van der Waals surface area contributed by atoms with E-state index < -0.39 is 0 Å². The van der Waals surface area contributed by atoms with Gasteiger partial charge in [-0.3, -0.25) is 0 Å². The van der Waals surface area contributed by atoms with Gasteiger partial charge in [0.15, 0.2) is 0 Å². The molecule has 1 unspecified atom stereocenters. The average molecular weight is 256 g/mol. The third kappa shape index (κ3) is 7.34. The van der Waals surface area contributed by atoms with Crippen LogP contribution >= 0.6 is 0 Å². The van der Waals surface area contributed by atoms with Gasteiger partial charge in [-0.05, 0) is 50.7 Å². The number of likely N-dealkylation sites (N-methyl/N-ethyl adjacent to an activating group) is 1. The summed E-state index contributed by atoms with van der Waals surface area (Å²) < 4.78 is 5.71. The molecule has 0 aromatic rings. The zero-order chi connectivity index (χ0) is 13.2. The minimum Gasteiger partial charge on any atom is -0.380 e. The molecule has 108 valence electrons. The predicted molar refractivity (Wildman–Crippen MR) is 78.0 cm³/mol. The van der Waals surface area contributed by atoms with Gasteiger partial charge in [0.1, 0.15) is 0 Å². The largest absolute Gasteiger partial charge is 0.380 e. The first-order valence-corrected chi connectivity index (χ1v) is 7.73. The normalized spacial score (nSPS) is 20.8. The number of nitrogens with one attached hydrogen (secondary N) is 1. The molecule has 1 N–H and O–H groups in total. The molecule has 1 saturated heterocycles. The predicted octanol–water partition coefficient (Wildman–Crippen LogP) is 2.37. The molecule has 0 amide bonds. The molecule has 0 saturated carbocycles. The summed E-state index contributed by atoms with van der Waals surface area (Å²) in [5, 5.41) is 3.50. The second-order valence-corrected chi connectivity index (χ2v) is 5.90. The van der Waals surface area contributed by atoms with E-state index >= 15 is 0 Å². The molecule has 3 heteroatoms. The number of hydrogen-bond acceptors (Lipinski definition) is 3. The lowest BCUT2D eigenvalue weighted by Crippen LogP contribution is -2.39. The molecule has 0 aromatic heterocycles. The van der Waals surface area contributed by atoms with Crippen LogP contribution in [0.2, 0.25) is 0 Å². The second-order valence-electron chi connectivity index (χ2n) is 5.90. The van der Waals surface area contributed by atoms with Crippen LogP contribution in [-0.4, -0.2) is 50.8 Å². The van der Waals surface area contributed by atoms with Gasteiger partial charge in [0, 0.05) is 19.7 Å². The van der Waals surface area contributed by atoms with Gasteiger partial charge in [0.2, 0.25) is 0 Å². The third-order valence-electron chi connectivity index (χ3n) is 3.75. The summed E-state index contributed by atoms with van der Waals surface area (Å²) >= 11 is 0. The van der Waals surface area contributed by atoms with Gasteiger partial charge >= 0.3 is 0 Å². The second kappa shape index (κ2) is 9.76. The highest BCUT2D eigenvalue weighted by molar-refractivity contribution is 4.72. The Morgan fingerprint density at radius 2 is 2.17 bits per heavy atom. The van der Waals surface area contributed by atoms with Crippen molar-refractivity contribution in [1.82, 2.24) is 10.2 Å². The fourth-order valence-electron chi connectivity index (χ4n) is 2.44. The van der Waals surface area contributed by atoms with Crippen molar-refractivity contribution in [1.29, 1.82) is 0 Å². The summed E-state index contributed by atoms with van der Waals surface area (Å²) in [6.07, 6.45) is 3.91. The Balaban J connectivity index is 2.05. The lowest BCUT2D eigenvalue weighted by Gasteiger charge is -2.29. The standard InChI is InChI=1S/C15H32N2O/c1-4-17(9-11-18-10-7-14(2)3)13-15-6-5-8-16-12-15/h14-16H,4-13H2,1-3H3. The Hall–Kier alpha value is -0.120. The molecule has 1 fully saturated rings. The van der Waals surface area contributed by atoms with Crippen LogP contribution < -0.4 is 5.32 Å². The molecule has 1 aliphatic heterocycles. The molecule has 1 rings (SSSR count). The first-order chi connectivity index (χ1) is 8.72. The summed E-state index contributed by atoms with van der Waals surface area (Å²) in [6, 6.07) is 0. The van der Waals surface area contributed by atoms with E-state index in [0.717, 1.165) is 38.1 Å². The van der Waals surface area contributed by atoms with Gasteiger partial charge in [-0.1, -0.05) is 20.8 Å². The van der Waals surface area contributed by atoms with Crippen molar-refractivity contribution in [2.75, 3.05) is 45.9 Å². The highest BCUT2D eigenvalue weighted by Crippen LogP contribution is 2.11. The molecular weight excluding hydrogens is 224 g/mol. The molecular formula is C15H32N2O. The topological polar surface area (TPSA) is 24.5 Å². The number of rotatable bonds is 9. The number of piperidine rings is 1. The van der Waals surface area contributed by atoms with E-state index in [4.69, 9.17) is 4.74 Å². The van der Waals surface area contributed by atoms with Crippen LogP contribution in [-0.2, 0) is 4.74 Å². The molecule has 0 aromatic carbocycles. The van der Waals surface area contributed by atoms with Crippen LogP contribution in [0, 0.1) is 11.8 Å². The molecule has 0 radical (unpaired) electrons. The first-order valence-electron chi connectivity index (χ1n) is 7.73. The number of nitrogens with zero attached hydrogens (tertiary/aromatic N) is 1. The molecule has 1 heterocycles. The van der Waals surface area contributed by atoms with E-state index in [1.807, 2.05) is 0 Å². The Bertz CT molecular complexity index is 191. The smallest absolute Gasteiger partial charge is 0.0593 e. The van der Waals surface area contributed by atoms with Crippen LogP contribution in [0.4, 0.5) is 0 Å². The SMILES string of the molecule is CCN(CCOCCC(C)C)CC1CCCNC1. The quantitative estimate of drug-likeness (QED) is 0.641. The van der Waals surface area contributed by atoms with E-state index in [9.17, 15) is 0 Å². The molecule has 1 atom stereocenters. The van der Waals surface area contributed by atoms with Crippen molar-refractivity contribution in [3.8, 4) is 0 Å². The third-order valence-corrected chi connectivity index (χ3v) is 3.75. The van der Waals surface area contributed by atoms with Gasteiger partial charge in [-0.15, -0.1) is 0 Å². The lowest BCUT2D eigenvalue weighted by atomic mass is 9.99. The van der Waals surface area contributed by atoms with Gasteiger partial charge in [0.05, 0.1) is 6.61 Å². The fraction of sp³-hybridized carbons (Fsp3) is 1.00. The van der Waals surface area contributed by atoms with Crippen molar-refractivity contribution in [3.05, 3.63) is 0 Å². The van der Waals surface area contributed by atoms with Gasteiger partial charge in [-0.25, -0.2) is 0 Å². The first kappa shape index (κ1) is 15.9. The maximum Gasteiger partial charge on any atom is 0.0593 e. The van der Waals surface area contributed by atoms with E-state index in [1.165, 1.54) is 38.9 Å². The fourth-order valence-corrected chi connectivity index (χ4v) is 2.44. The Morgan fingerprint density at radius 1 is 1.33 bits per heavy atom. The average Bonchev–Trinajstić information content (AvgIpc) is 2.38. The molecule has 18 heavy (non-hydrogen) atoms. The van der Waals surface area contributed by atoms with Crippen molar-refractivity contribution >= 4 is 0 Å². The lowest BCUT2D eigenvalue weighted by molar-refractivity contribution is 0.0905. The minimum atomic E-state index is 0.751. The Morgan fingerprint density at radius 3 is 2.78 bits per heavy atom. The molecule has 0 aliphatic carbocycles. The van der Waals surface area contributed by atoms with Crippen molar-refractivity contribution in [3.63, 3.8) is 0 Å². The van der Waals surface area contributed by atoms with E-state index in [2.05, 4.69) is 31.0 Å². The van der Waals surface area contributed by atoms with Crippen molar-refractivity contribution in [2.24, 2.45) is 11.8 Å². The van der Waals surface area contributed by atoms with Crippen LogP contribution in [0.3, 0.4) is 0 Å². The van der Waals surface area contributed by atoms with Gasteiger partial charge in [0.25, 0.3) is 0 Å². The highest BCUT2D eigenvalue weighted by Gasteiger charge is 2.15. The van der Waals surface area contributed by atoms with Gasteiger partial charge < -0.3 is 15.0 Å². The molecule has 0 spiro atoms. The molecule has 0 bridgehead atoms. The minimum absolute atomic E-state index is 0.751. The van der Waals surface area contributed by atoms with Crippen molar-refractivity contribution < 1.29 is 4.74 Å². The summed E-state index contributed by atoms with van der Waals surface area (Å²) in [4.78, 5) is 2.53. The highest BCUT2D eigenvalue weighted by atomic mass is 16.5.